The van der Waals surface area contributed by atoms with Gasteiger partial charge < -0.3 is 4.74 Å². The lowest BCUT2D eigenvalue weighted by Crippen LogP contribution is -2.42. The lowest BCUT2D eigenvalue weighted by molar-refractivity contribution is -0.148. The summed E-state index contributed by atoms with van der Waals surface area (Å²) < 4.78 is 6.70. The van der Waals surface area contributed by atoms with Crippen LogP contribution in [0.5, 0.6) is 0 Å². The fourth-order valence-corrected chi connectivity index (χ4v) is 4.95. The molecule has 1 unspecified atom stereocenters. The van der Waals surface area contributed by atoms with Crippen LogP contribution in [0.4, 0.5) is 5.69 Å². The topological polar surface area (TPSA) is 62.2 Å². The first-order chi connectivity index (χ1) is 16.8. The van der Waals surface area contributed by atoms with Gasteiger partial charge in [-0.25, -0.2) is 4.31 Å². The van der Waals surface area contributed by atoms with Crippen molar-refractivity contribution in [1.82, 2.24) is 5.01 Å². The number of anilines is 1. The first kappa shape index (κ1) is 25.1. The van der Waals surface area contributed by atoms with Crippen LogP contribution in [0.3, 0.4) is 0 Å². The van der Waals surface area contributed by atoms with Gasteiger partial charge in [0, 0.05) is 14.9 Å². The SMILES string of the molecule is COC(=O)C1(C)CN(CC(=O)N(Sc2ccccc2)c2ccc(Cl)cc2)N=C1c1ccc(Cl)cc1. The highest BCUT2D eigenvalue weighted by atomic mass is 35.5. The molecule has 0 saturated heterocycles. The van der Waals surface area contributed by atoms with Gasteiger partial charge in [-0.2, -0.15) is 5.10 Å². The zero-order valence-corrected chi connectivity index (χ0v) is 21.5. The molecule has 1 aliphatic rings. The monoisotopic (exact) mass is 527 g/mol. The summed E-state index contributed by atoms with van der Waals surface area (Å²) in [4.78, 5) is 27.2. The van der Waals surface area contributed by atoms with Crippen LogP contribution in [0.1, 0.15) is 12.5 Å². The summed E-state index contributed by atoms with van der Waals surface area (Å²) in [5.74, 6) is -0.621. The average Bonchev–Trinajstić information content (AvgIpc) is 3.20. The van der Waals surface area contributed by atoms with Gasteiger partial charge in [-0.15, -0.1) is 0 Å². The van der Waals surface area contributed by atoms with E-state index in [2.05, 4.69) is 5.10 Å². The Hall–Kier alpha value is -3.00. The van der Waals surface area contributed by atoms with Crippen molar-refractivity contribution in [3.8, 4) is 0 Å². The number of hydrogen-bond donors (Lipinski definition) is 0. The molecule has 1 aliphatic heterocycles. The predicted molar refractivity (Wildman–Crippen MR) is 141 cm³/mol. The Bertz CT molecular complexity index is 1240. The molecule has 0 aliphatic carbocycles. The number of benzene rings is 3. The molecule has 35 heavy (non-hydrogen) atoms. The van der Waals surface area contributed by atoms with Crippen molar-refractivity contribution < 1.29 is 14.3 Å². The second-order valence-corrected chi connectivity index (χ2v) is 10.1. The van der Waals surface area contributed by atoms with Gasteiger partial charge in [0.25, 0.3) is 5.91 Å². The van der Waals surface area contributed by atoms with E-state index < -0.39 is 11.4 Å². The Labute approximate surface area is 218 Å². The summed E-state index contributed by atoms with van der Waals surface area (Å²) in [6.45, 7) is 1.94. The number of hydrogen-bond acceptors (Lipinski definition) is 6. The van der Waals surface area contributed by atoms with Crippen molar-refractivity contribution in [3.63, 3.8) is 0 Å². The second kappa shape index (κ2) is 10.7. The summed E-state index contributed by atoms with van der Waals surface area (Å²) in [5.41, 5.74) is 0.915. The van der Waals surface area contributed by atoms with E-state index in [0.29, 0.717) is 21.4 Å². The smallest absolute Gasteiger partial charge is 0.319 e. The Balaban J connectivity index is 1.63. The Morgan fingerprint density at radius 2 is 1.60 bits per heavy atom. The van der Waals surface area contributed by atoms with Gasteiger partial charge >= 0.3 is 5.97 Å². The van der Waals surface area contributed by atoms with Crippen molar-refractivity contribution in [2.45, 2.75) is 11.8 Å². The van der Waals surface area contributed by atoms with Gasteiger partial charge in [0.2, 0.25) is 0 Å². The third kappa shape index (κ3) is 5.64. The van der Waals surface area contributed by atoms with Crippen LogP contribution >= 0.6 is 35.1 Å². The van der Waals surface area contributed by atoms with Gasteiger partial charge in [-0.1, -0.05) is 53.5 Å². The second-order valence-electron chi connectivity index (χ2n) is 8.17. The molecule has 6 nitrogen and oxygen atoms in total. The van der Waals surface area contributed by atoms with E-state index in [1.54, 1.807) is 64.8 Å². The number of halogens is 2. The van der Waals surface area contributed by atoms with Crippen LogP contribution < -0.4 is 4.31 Å². The molecule has 0 bridgehead atoms. The molecule has 9 heteroatoms. The number of nitrogens with zero attached hydrogens (tertiary/aromatic N) is 3. The molecule has 0 fully saturated rings. The number of amides is 1. The number of hydrazone groups is 1. The Morgan fingerprint density at radius 3 is 2.20 bits per heavy atom. The molecular formula is C26H23Cl2N3O3S. The largest absolute Gasteiger partial charge is 0.468 e. The molecule has 1 atom stereocenters. The van der Waals surface area contributed by atoms with E-state index >= 15 is 0 Å². The molecule has 3 aromatic carbocycles. The van der Waals surface area contributed by atoms with Crippen LogP contribution in [-0.4, -0.2) is 42.8 Å². The van der Waals surface area contributed by atoms with E-state index in [9.17, 15) is 9.59 Å². The van der Waals surface area contributed by atoms with Crippen molar-refractivity contribution in [2.24, 2.45) is 10.5 Å². The Kier molecular flexibility index (Phi) is 7.69. The maximum absolute atomic E-state index is 13.6. The third-order valence-electron chi connectivity index (χ3n) is 5.56. The molecule has 0 N–H and O–H groups in total. The summed E-state index contributed by atoms with van der Waals surface area (Å²) in [6.07, 6.45) is 0. The van der Waals surface area contributed by atoms with Crippen LogP contribution in [0.25, 0.3) is 0 Å². The van der Waals surface area contributed by atoms with E-state index in [-0.39, 0.29) is 19.0 Å². The summed E-state index contributed by atoms with van der Waals surface area (Å²) in [6, 6.07) is 23.8. The van der Waals surface area contributed by atoms with Crippen molar-refractivity contribution in [1.29, 1.82) is 0 Å². The van der Waals surface area contributed by atoms with Gasteiger partial charge in [0.05, 0.1) is 25.1 Å². The van der Waals surface area contributed by atoms with E-state index in [1.165, 1.54) is 19.1 Å². The molecule has 0 aromatic heterocycles. The number of methoxy groups -OCH3 is 1. The highest BCUT2D eigenvalue weighted by molar-refractivity contribution is 8.01. The minimum atomic E-state index is -1.04. The maximum atomic E-state index is 13.6. The zero-order valence-electron chi connectivity index (χ0n) is 19.2. The molecular weight excluding hydrogens is 505 g/mol. The quantitative estimate of drug-likeness (QED) is 0.281. The number of rotatable bonds is 7. The van der Waals surface area contributed by atoms with Crippen molar-refractivity contribution in [2.75, 3.05) is 24.5 Å². The zero-order chi connectivity index (χ0) is 25.0. The molecule has 180 valence electrons. The van der Waals surface area contributed by atoms with E-state index in [4.69, 9.17) is 27.9 Å². The summed E-state index contributed by atoms with van der Waals surface area (Å²) >= 11 is 13.4. The molecule has 1 amide bonds. The molecule has 0 saturated carbocycles. The van der Waals surface area contributed by atoms with E-state index in [0.717, 1.165) is 10.5 Å². The van der Waals surface area contributed by atoms with Crippen LogP contribution in [0.15, 0.2) is 88.9 Å². The van der Waals surface area contributed by atoms with Crippen LogP contribution in [-0.2, 0) is 14.3 Å². The molecule has 0 spiro atoms. The minimum Gasteiger partial charge on any atom is -0.468 e. The standard InChI is InChI=1S/C26H23Cl2N3O3S/c1-26(25(33)34-2)17-30(29-24(26)18-8-10-19(27)11-9-18)16-23(32)31(21-14-12-20(28)13-15-21)35-22-6-4-3-5-7-22/h3-15H,16-17H2,1-2H3. The van der Waals surface area contributed by atoms with Gasteiger partial charge in [-0.05, 0) is 73.0 Å². The predicted octanol–water partition coefficient (Wildman–Crippen LogP) is 5.93. The van der Waals surface area contributed by atoms with Gasteiger partial charge in [0.1, 0.15) is 12.0 Å². The normalized spacial score (nSPS) is 17.1. The first-order valence-electron chi connectivity index (χ1n) is 10.8. The molecule has 1 heterocycles. The fraction of sp³-hybridized carbons (Fsp3) is 0.192. The maximum Gasteiger partial charge on any atom is 0.319 e. The first-order valence-corrected chi connectivity index (χ1v) is 12.3. The molecule has 3 aromatic rings. The van der Waals surface area contributed by atoms with Crippen LogP contribution in [0.2, 0.25) is 10.0 Å². The van der Waals surface area contributed by atoms with Gasteiger partial charge in [0.15, 0.2) is 0 Å². The van der Waals surface area contributed by atoms with E-state index in [1.807, 2.05) is 30.3 Å². The lowest BCUT2D eigenvalue weighted by Gasteiger charge is -2.26. The number of ether oxygens (including phenoxy) is 1. The highest BCUT2D eigenvalue weighted by Gasteiger charge is 2.47. The van der Waals surface area contributed by atoms with Crippen molar-refractivity contribution >= 4 is 58.4 Å². The lowest BCUT2D eigenvalue weighted by atomic mass is 9.82. The highest BCUT2D eigenvalue weighted by Crippen LogP contribution is 2.34. The number of carbonyl (C=O) groups excluding carboxylic acids is 2. The molecule has 0 radical (unpaired) electrons. The number of carbonyl (C=O) groups is 2. The Morgan fingerprint density at radius 1 is 1.00 bits per heavy atom. The average molecular weight is 528 g/mol. The molecule has 4 rings (SSSR count). The van der Waals surface area contributed by atoms with Gasteiger partial charge in [-0.3, -0.25) is 14.6 Å². The third-order valence-corrected chi connectivity index (χ3v) is 7.15. The minimum absolute atomic E-state index is 0.0356. The summed E-state index contributed by atoms with van der Waals surface area (Å²) in [5, 5.41) is 7.44. The van der Waals surface area contributed by atoms with Crippen molar-refractivity contribution in [3.05, 3.63) is 94.5 Å². The number of esters is 1. The van der Waals surface area contributed by atoms with Crippen LogP contribution in [0, 0.1) is 5.41 Å². The fourth-order valence-electron chi connectivity index (χ4n) is 3.82. The summed E-state index contributed by atoms with van der Waals surface area (Å²) in [7, 11) is 1.35.